The lowest BCUT2D eigenvalue weighted by Gasteiger charge is -2.21. The van der Waals surface area contributed by atoms with Crippen LogP contribution in [0.3, 0.4) is 0 Å². The number of nitrogens with one attached hydrogen (secondary N) is 1. The quantitative estimate of drug-likeness (QED) is 0.568. The number of hydrogen-bond donors (Lipinski definition) is 2. The second-order valence-electron chi connectivity index (χ2n) is 4.26. The molecule has 0 saturated heterocycles. The third kappa shape index (κ3) is 3.81. The molecule has 0 radical (unpaired) electrons. The molecule has 0 aliphatic rings. The summed E-state index contributed by atoms with van der Waals surface area (Å²) in [5.41, 5.74) is 3.30. The second kappa shape index (κ2) is 5.49. The monoisotopic (exact) mass is 273 g/mol. The molecule has 7 nitrogen and oxygen atoms in total. The minimum atomic E-state index is -2.99. The van der Waals surface area contributed by atoms with Crippen LogP contribution in [-0.4, -0.2) is 44.0 Å². The molecule has 0 aliphatic carbocycles. The van der Waals surface area contributed by atoms with Crippen molar-refractivity contribution in [1.29, 1.82) is 0 Å². The summed E-state index contributed by atoms with van der Waals surface area (Å²) in [7, 11) is -1.20. The van der Waals surface area contributed by atoms with Crippen molar-refractivity contribution in [2.75, 3.05) is 35.9 Å². The Morgan fingerprint density at radius 2 is 1.94 bits per heavy atom. The van der Waals surface area contributed by atoms with Crippen molar-refractivity contribution < 1.29 is 8.42 Å². The van der Waals surface area contributed by atoms with E-state index in [0.29, 0.717) is 24.0 Å². The van der Waals surface area contributed by atoms with E-state index in [9.17, 15) is 8.42 Å². The van der Waals surface area contributed by atoms with Crippen molar-refractivity contribution in [2.45, 2.75) is 13.8 Å². The third-order valence-electron chi connectivity index (χ3n) is 2.53. The second-order valence-corrected chi connectivity index (χ2v) is 6.52. The van der Waals surface area contributed by atoms with Crippen LogP contribution in [0.25, 0.3) is 0 Å². The highest BCUT2D eigenvalue weighted by molar-refractivity contribution is 7.90. The van der Waals surface area contributed by atoms with E-state index < -0.39 is 9.84 Å². The zero-order chi connectivity index (χ0) is 13.9. The van der Waals surface area contributed by atoms with Gasteiger partial charge < -0.3 is 10.3 Å². The topological polar surface area (TPSA) is 101 Å². The molecule has 0 aromatic carbocycles. The van der Waals surface area contributed by atoms with Gasteiger partial charge in [0, 0.05) is 25.4 Å². The van der Waals surface area contributed by atoms with Crippen molar-refractivity contribution in [1.82, 2.24) is 9.97 Å². The third-order valence-corrected chi connectivity index (χ3v) is 3.45. The summed E-state index contributed by atoms with van der Waals surface area (Å²) < 4.78 is 22.3. The van der Waals surface area contributed by atoms with Crippen LogP contribution in [0.5, 0.6) is 0 Å². The number of nitrogen functional groups attached to an aromatic ring is 1. The molecule has 18 heavy (non-hydrogen) atoms. The van der Waals surface area contributed by atoms with Crippen LogP contribution in [0.2, 0.25) is 0 Å². The van der Waals surface area contributed by atoms with E-state index in [1.165, 1.54) is 6.26 Å². The average molecular weight is 273 g/mol. The minimum Gasteiger partial charge on any atom is -0.358 e. The molecule has 0 atom stereocenters. The molecule has 0 unspecified atom stereocenters. The normalized spacial score (nSPS) is 11.4. The highest BCUT2D eigenvalue weighted by Gasteiger charge is 2.13. The van der Waals surface area contributed by atoms with Crippen molar-refractivity contribution in [3.05, 3.63) is 11.4 Å². The van der Waals surface area contributed by atoms with Gasteiger partial charge in [-0.25, -0.2) is 24.2 Å². The molecule has 0 aliphatic heterocycles. The molecule has 102 valence electrons. The van der Waals surface area contributed by atoms with Gasteiger partial charge in [0.2, 0.25) is 0 Å². The fourth-order valence-corrected chi connectivity index (χ4v) is 2.14. The number of aryl methyl sites for hydroxylation is 1. The maximum atomic E-state index is 11.2. The summed E-state index contributed by atoms with van der Waals surface area (Å²) in [4.78, 5) is 10.2. The molecule has 1 rings (SSSR count). The number of nitrogens with zero attached hydrogens (tertiary/aromatic N) is 3. The Hall–Kier alpha value is -1.41. The van der Waals surface area contributed by atoms with Gasteiger partial charge in [0.05, 0.1) is 5.75 Å². The number of rotatable bonds is 5. The van der Waals surface area contributed by atoms with Gasteiger partial charge in [0.15, 0.2) is 0 Å². The largest absolute Gasteiger partial charge is 0.358 e. The molecule has 8 heteroatoms. The lowest BCUT2D eigenvalue weighted by molar-refractivity contribution is 0.601. The van der Waals surface area contributed by atoms with Crippen LogP contribution >= 0.6 is 0 Å². The summed E-state index contributed by atoms with van der Waals surface area (Å²) in [5.74, 6) is 7.26. The van der Waals surface area contributed by atoms with Gasteiger partial charge in [-0.2, -0.15) is 0 Å². The Morgan fingerprint density at radius 1 is 1.33 bits per heavy atom. The molecule has 0 bridgehead atoms. The highest BCUT2D eigenvalue weighted by atomic mass is 32.2. The molecule has 1 heterocycles. The van der Waals surface area contributed by atoms with E-state index in [2.05, 4.69) is 15.4 Å². The number of aromatic nitrogens is 2. The molecule has 0 fully saturated rings. The molecule has 0 amide bonds. The summed E-state index contributed by atoms with van der Waals surface area (Å²) in [5, 5.41) is 0. The van der Waals surface area contributed by atoms with Gasteiger partial charge in [0.1, 0.15) is 27.3 Å². The van der Waals surface area contributed by atoms with Gasteiger partial charge in [-0.1, -0.05) is 0 Å². The first kappa shape index (κ1) is 14.7. The van der Waals surface area contributed by atoms with E-state index in [1.807, 2.05) is 6.92 Å². The first-order valence-corrected chi connectivity index (χ1v) is 7.51. The lowest BCUT2D eigenvalue weighted by atomic mass is 10.3. The predicted octanol–water partition coefficient (Wildman–Crippen LogP) is -0.140. The Balaban J connectivity index is 2.98. The van der Waals surface area contributed by atoms with E-state index >= 15 is 0 Å². The van der Waals surface area contributed by atoms with Crippen molar-refractivity contribution in [3.8, 4) is 0 Å². The number of nitrogens with two attached hydrogens (primary N) is 1. The Labute approximate surface area is 107 Å². The maximum absolute atomic E-state index is 11.2. The Morgan fingerprint density at radius 3 is 2.44 bits per heavy atom. The molecule has 0 spiro atoms. The van der Waals surface area contributed by atoms with Crippen LogP contribution in [0.4, 0.5) is 11.6 Å². The first-order valence-electron chi connectivity index (χ1n) is 5.45. The lowest BCUT2D eigenvalue weighted by Crippen LogP contribution is -2.27. The first-order chi connectivity index (χ1) is 8.24. The zero-order valence-electron chi connectivity index (χ0n) is 11.1. The van der Waals surface area contributed by atoms with Gasteiger partial charge in [-0.05, 0) is 13.8 Å². The molecule has 3 N–H and O–H groups in total. The molecular formula is C10H19N5O2S. The van der Waals surface area contributed by atoms with Crippen LogP contribution in [0.1, 0.15) is 11.4 Å². The van der Waals surface area contributed by atoms with E-state index in [4.69, 9.17) is 5.84 Å². The van der Waals surface area contributed by atoms with Gasteiger partial charge >= 0.3 is 0 Å². The number of hydrogen-bond acceptors (Lipinski definition) is 7. The molecule has 0 saturated carbocycles. The van der Waals surface area contributed by atoms with Crippen molar-refractivity contribution in [3.63, 3.8) is 0 Å². The molecule has 1 aromatic rings. The number of hydrazine groups is 1. The predicted molar refractivity (Wildman–Crippen MR) is 72.3 cm³/mol. The zero-order valence-corrected chi connectivity index (χ0v) is 11.9. The summed E-state index contributed by atoms with van der Waals surface area (Å²) in [6.07, 6.45) is 1.21. The Bertz CT molecular complexity index is 529. The average Bonchev–Trinajstić information content (AvgIpc) is 2.27. The summed E-state index contributed by atoms with van der Waals surface area (Å²) >= 11 is 0. The van der Waals surface area contributed by atoms with Crippen molar-refractivity contribution >= 4 is 21.5 Å². The van der Waals surface area contributed by atoms with Crippen LogP contribution in [0, 0.1) is 13.8 Å². The number of sulfone groups is 1. The van der Waals surface area contributed by atoms with Crippen LogP contribution < -0.4 is 16.2 Å². The fourth-order valence-electron chi connectivity index (χ4n) is 1.53. The van der Waals surface area contributed by atoms with E-state index in [-0.39, 0.29) is 5.75 Å². The molecular weight excluding hydrogens is 254 g/mol. The highest BCUT2D eigenvalue weighted by Crippen LogP contribution is 2.21. The van der Waals surface area contributed by atoms with E-state index in [0.717, 1.165) is 5.56 Å². The smallest absolute Gasteiger partial charge is 0.149 e. The SMILES string of the molecule is Cc1nc(NN)c(C)c(N(C)CCS(C)(=O)=O)n1. The fraction of sp³-hybridized carbons (Fsp3) is 0.600. The van der Waals surface area contributed by atoms with Gasteiger partial charge in [-0.3, -0.25) is 0 Å². The van der Waals surface area contributed by atoms with Gasteiger partial charge in [0.25, 0.3) is 0 Å². The Kier molecular flexibility index (Phi) is 4.47. The summed E-state index contributed by atoms with van der Waals surface area (Å²) in [6, 6.07) is 0. The summed E-state index contributed by atoms with van der Waals surface area (Å²) in [6.45, 7) is 3.97. The van der Waals surface area contributed by atoms with Crippen LogP contribution in [-0.2, 0) is 9.84 Å². The van der Waals surface area contributed by atoms with Crippen LogP contribution in [0.15, 0.2) is 0 Å². The van der Waals surface area contributed by atoms with Gasteiger partial charge in [-0.15, -0.1) is 0 Å². The standard InChI is InChI=1S/C10H19N5O2S/c1-7-9(14-11)12-8(2)13-10(7)15(3)5-6-18(4,16)17/h5-6,11H2,1-4H3,(H,12,13,14). The number of anilines is 2. The van der Waals surface area contributed by atoms with E-state index in [1.54, 1.807) is 18.9 Å². The van der Waals surface area contributed by atoms with Crippen molar-refractivity contribution in [2.24, 2.45) is 5.84 Å². The minimum absolute atomic E-state index is 0.0807. The molecule has 1 aromatic heterocycles. The maximum Gasteiger partial charge on any atom is 0.149 e.